The van der Waals surface area contributed by atoms with E-state index in [0.29, 0.717) is 36.5 Å². The van der Waals surface area contributed by atoms with Crippen LogP contribution in [0.15, 0.2) is 132 Å². The zero-order valence-electron chi connectivity index (χ0n) is 26.8. The molecule has 1 unspecified atom stereocenters. The first kappa shape index (κ1) is 30.6. The molecule has 0 aliphatic rings. The van der Waals surface area contributed by atoms with Gasteiger partial charge in [0.25, 0.3) is 0 Å². The lowest BCUT2D eigenvalue weighted by molar-refractivity contribution is 0.103. The second-order valence-electron chi connectivity index (χ2n) is 11.7. The first-order valence-corrected chi connectivity index (χ1v) is 16.0. The van der Waals surface area contributed by atoms with Gasteiger partial charge in [-0.3, -0.25) is 9.89 Å². The van der Waals surface area contributed by atoms with Gasteiger partial charge in [0.1, 0.15) is 17.3 Å². The number of H-pyrrole nitrogens is 1. The molecule has 1 N–H and O–H groups in total. The first-order chi connectivity index (χ1) is 23.5. The van der Waals surface area contributed by atoms with Crippen LogP contribution in [0.2, 0.25) is 0 Å². The van der Waals surface area contributed by atoms with Crippen molar-refractivity contribution in [2.24, 2.45) is 0 Å². The molecule has 0 saturated carbocycles. The average molecular weight is 634 g/mol. The monoisotopic (exact) mass is 633 g/mol. The van der Waals surface area contributed by atoms with Crippen molar-refractivity contribution in [2.75, 3.05) is 6.61 Å². The van der Waals surface area contributed by atoms with Gasteiger partial charge in [0, 0.05) is 47.3 Å². The minimum Gasteiger partial charge on any atom is -0.493 e. The highest BCUT2D eigenvalue weighted by atomic mass is 16.5. The molecule has 0 spiro atoms. The number of ketones is 1. The number of ether oxygens (including phenoxy) is 1. The molecule has 8 nitrogen and oxygen atoms in total. The highest BCUT2D eigenvalue weighted by Crippen LogP contribution is 2.33. The van der Waals surface area contributed by atoms with Crippen LogP contribution in [0.25, 0.3) is 17.1 Å². The van der Waals surface area contributed by atoms with E-state index in [4.69, 9.17) is 14.1 Å². The number of hydrogen-bond donors (Lipinski definition) is 1. The van der Waals surface area contributed by atoms with Gasteiger partial charge in [-0.05, 0) is 67.9 Å². The van der Waals surface area contributed by atoms with Crippen LogP contribution in [0, 0.1) is 13.8 Å². The number of nitrogens with zero attached hydrogens (tertiary/aromatic N) is 4. The van der Waals surface area contributed by atoms with Gasteiger partial charge in [-0.25, -0.2) is 9.97 Å². The van der Waals surface area contributed by atoms with Gasteiger partial charge in [-0.1, -0.05) is 72.8 Å². The van der Waals surface area contributed by atoms with Gasteiger partial charge in [-0.15, -0.1) is 0 Å². The van der Waals surface area contributed by atoms with Crippen molar-refractivity contribution in [1.82, 2.24) is 24.7 Å². The number of nitrogens with one attached hydrogen (secondary N) is 1. The molecule has 7 aromatic rings. The highest BCUT2D eigenvalue weighted by molar-refractivity contribution is 6.11. The summed E-state index contributed by atoms with van der Waals surface area (Å²) in [5.41, 5.74) is 6.05. The number of aromatic nitrogens is 5. The number of aromatic amines is 1. The summed E-state index contributed by atoms with van der Waals surface area (Å²) < 4.78 is 14.2. The summed E-state index contributed by atoms with van der Waals surface area (Å²) in [4.78, 5) is 23.0. The maximum Gasteiger partial charge on any atom is 0.226 e. The fourth-order valence-corrected chi connectivity index (χ4v) is 6.00. The van der Waals surface area contributed by atoms with Gasteiger partial charge >= 0.3 is 0 Å². The zero-order chi connectivity index (χ0) is 32.9. The quantitative estimate of drug-likeness (QED) is 0.137. The standard InChI is InChI=1S/C40H35N5O3/c1-27-35(42-40(48-27)31-14-7-4-8-15-31)23-25-47-32-21-19-29(20-22-32)34(26-38-41-28(2)43-44-38)37-18-11-24-45(37)36-17-10-9-16-33(36)39(46)30-12-5-3-6-13-30/h3-22,24,34H,23,25-26H2,1-2H3,(H,41,43,44). The smallest absolute Gasteiger partial charge is 0.226 e. The number of aryl methyl sites for hydroxylation is 2. The number of benzene rings is 4. The topological polar surface area (TPSA) is 98.8 Å². The predicted octanol–water partition coefficient (Wildman–Crippen LogP) is 8.09. The van der Waals surface area contributed by atoms with Crippen LogP contribution >= 0.6 is 0 Å². The molecule has 1 atom stereocenters. The van der Waals surface area contributed by atoms with Crippen molar-refractivity contribution in [3.63, 3.8) is 0 Å². The fraction of sp³-hybridized carbons (Fsp3) is 0.150. The van der Waals surface area contributed by atoms with E-state index in [9.17, 15) is 4.79 Å². The molecule has 48 heavy (non-hydrogen) atoms. The van der Waals surface area contributed by atoms with Crippen LogP contribution in [0.3, 0.4) is 0 Å². The molecule has 3 heterocycles. The minimum atomic E-state index is -0.0988. The fourth-order valence-electron chi connectivity index (χ4n) is 6.00. The third-order valence-corrected chi connectivity index (χ3v) is 8.42. The summed E-state index contributed by atoms with van der Waals surface area (Å²) in [5, 5.41) is 7.43. The number of hydrogen-bond acceptors (Lipinski definition) is 6. The Morgan fingerprint density at radius 2 is 1.56 bits per heavy atom. The summed E-state index contributed by atoms with van der Waals surface area (Å²) in [6.07, 6.45) is 3.21. The molecule has 3 aromatic heterocycles. The van der Waals surface area contributed by atoms with Crippen LogP contribution in [-0.4, -0.2) is 37.1 Å². The molecule has 0 amide bonds. The molecule has 0 bridgehead atoms. The molecular weight excluding hydrogens is 598 g/mol. The molecule has 8 heteroatoms. The second-order valence-corrected chi connectivity index (χ2v) is 11.7. The average Bonchev–Trinajstić information content (AvgIpc) is 3.88. The molecule has 0 fully saturated rings. The van der Waals surface area contributed by atoms with Crippen LogP contribution in [0.4, 0.5) is 0 Å². The Morgan fingerprint density at radius 1 is 0.833 bits per heavy atom. The Hall–Kier alpha value is -6.02. The third-order valence-electron chi connectivity index (χ3n) is 8.42. The SMILES string of the molecule is Cc1nc(CC(c2ccc(OCCc3nc(-c4ccccc4)oc3C)cc2)c2cccn2-c2ccccc2C(=O)c2ccccc2)n[nH]1. The van der Waals surface area contributed by atoms with Crippen LogP contribution in [-0.2, 0) is 12.8 Å². The number of rotatable bonds is 12. The van der Waals surface area contributed by atoms with Gasteiger partial charge < -0.3 is 13.7 Å². The second kappa shape index (κ2) is 13.8. The molecule has 7 rings (SSSR count). The van der Waals surface area contributed by atoms with Crippen LogP contribution < -0.4 is 4.74 Å². The Morgan fingerprint density at radius 3 is 2.31 bits per heavy atom. The highest BCUT2D eigenvalue weighted by Gasteiger charge is 2.23. The summed E-state index contributed by atoms with van der Waals surface area (Å²) in [6.45, 7) is 4.30. The van der Waals surface area contributed by atoms with E-state index in [1.165, 1.54) is 0 Å². The molecule has 0 aliphatic carbocycles. The maximum absolute atomic E-state index is 13.6. The van der Waals surface area contributed by atoms with E-state index < -0.39 is 0 Å². The number of oxazole rings is 1. The summed E-state index contributed by atoms with van der Waals surface area (Å²) in [7, 11) is 0. The maximum atomic E-state index is 13.6. The van der Waals surface area contributed by atoms with E-state index in [2.05, 4.69) is 37.9 Å². The Bertz CT molecular complexity index is 2130. The number of para-hydroxylation sites is 1. The van der Waals surface area contributed by atoms with Crippen molar-refractivity contribution >= 4 is 5.78 Å². The van der Waals surface area contributed by atoms with Gasteiger partial charge in [-0.2, -0.15) is 5.10 Å². The molecule has 0 radical (unpaired) electrons. The third kappa shape index (κ3) is 6.59. The van der Waals surface area contributed by atoms with Gasteiger partial charge in [0.15, 0.2) is 11.6 Å². The van der Waals surface area contributed by atoms with Gasteiger partial charge in [0.05, 0.1) is 18.0 Å². The minimum absolute atomic E-state index is 0.0226. The molecule has 4 aromatic carbocycles. The lowest BCUT2D eigenvalue weighted by Gasteiger charge is -2.21. The van der Waals surface area contributed by atoms with E-state index >= 15 is 0 Å². The number of carbonyl (C=O) groups is 1. The van der Waals surface area contributed by atoms with Crippen molar-refractivity contribution < 1.29 is 13.9 Å². The summed E-state index contributed by atoms with van der Waals surface area (Å²) >= 11 is 0. The Balaban J connectivity index is 1.13. The van der Waals surface area contributed by atoms with Crippen LogP contribution in [0.1, 0.15) is 56.2 Å². The van der Waals surface area contributed by atoms with Crippen molar-refractivity contribution in [1.29, 1.82) is 0 Å². The van der Waals surface area contributed by atoms with E-state index in [-0.39, 0.29) is 11.7 Å². The summed E-state index contributed by atoms with van der Waals surface area (Å²) in [6, 6.07) is 39.3. The molecule has 0 aliphatic heterocycles. The summed E-state index contributed by atoms with van der Waals surface area (Å²) in [5.74, 6) is 3.55. The van der Waals surface area contributed by atoms with E-state index in [1.54, 1.807) is 0 Å². The van der Waals surface area contributed by atoms with E-state index in [0.717, 1.165) is 51.4 Å². The number of carbonyl (C=O) groups excluding carboxylic acids is 1. The first-order valence-electron chi connectivity index (χ1n) is 16.0. The van der Waals surface area contributed by atoms with E-state index in [1.807, 2.05) is 123 Å². The van der Waals surface area contributed by atoms with Crippen molar-refractivity contribution in [3.8, 4) is 22.9 Å². The van der Waals surface area contributed by atoms with Crippen LogP contribution in [0.5, 0.6) is 5.75 Å². The molecule has 238 valence electrons. The van der Waals surface area contributed by atoms with Crippen molar-refractivity contribution in [3.05, 3.63) is 173 Å². The molecule has 0 saturated heterocycles. The normalized spacial score (nSPS) is 11.8. The lowest BCUT2D eigenvalue weighted by Crippen LogP contribution is -2.14. The Labute approximate surface area is 279 Å². The molecular formula is C40H35N5O3. The van der Waals surface area contributed by atoms with Crippen molar-refractivity contribution in [2.45, 2.75) is 32.6 Å². The Kier molecular flexibility index (Phi) is 8.78. The zero-order valence-corrected chi connectivity index (χ0v) is 26.8. The van der Waals surface area contributed by atoms with Gasteiger partial charge in [0.2, 0.25) is 5.89 Å². The predicted molar refractivity (Wildman–Crippen MR) is 185 cm³/mol. The largest absolute Gasteiger partial charge is 0.493 e. The lowest BCUT2D eigenvalue weighted by atomic mass is 9.91.